The molecule has 2 unspecified atom stereocenters. The van der Waals surface area contributed by atoms with Gasteiger partial charge in [0.25, 0.3) is 4.08 Å². The molecule has 1 aliphatic rings. The molecule has 1 aliphatic heterocycles. The first-order valence-electron chi connectivity index (χ1n) is 11.8. The summed E-state index contributed by atoms with van der Waals surface area (Å²) >= 11 is -2.46. The zero-order valence-electron chi connectivity index (χ0n) is 21.7. The second-order valence-corrected chi connectivity index (χ2v) is 12.5. The fourth-order valence-corrected chi connectivity index (χ4v) is 9.02. The van der Waals surface area contributed by atoms with Crippen molar-refractivity contribution in [1.29, 1.82) is 0 Å². The van der Waals surface area contributed by atoms with Crippen molar-refractivity contribution in [2.75, 3.05) is 60.1 Å². The summed E-state index contributed by atoms with van der Waals surface area (Å²) in [6, 6.07) is 11.5. The Bertz CT molecular complexity index is 956. The van der Waals surface area contributed by atoms with Gasteiger partial charge in [0, 0.05) is 35.3 Å². The van der Waals surface area contributed by atoms with Crippen LogP contribution in [0.3, 0.4) is 0 Å². The molecule has 0 aliphatic carbocycles. The summed E-state index contributed by atoms with van der Waals surface area (Å²) in [5.41, 5.74) is 1.98. The fraction of sp³-hybridized carbons (Fsp3) is 0.538. The summed E-state index contributed by atoms with van der Waals surface area (Å²) in [5, 5.41) is 0. The Morgan fingerprint density at radius 1 is 0.806 bits per heavy atom. The van der Waals surface area contributed by atoms with Crippen LogP contribution in [0.5, 0.6) is 23.0 Å². The molecule has 10 heteroatoms. The molecule has 0 amide bonds. The molecule has 36 heavy (non-hydrogen) atoms. The quantitative estimate of drug-likeness (QED) is 0.361. The lowest BCUT2D eigenvalue weighted by Gasteiger charge is -2.40. The Labute approximate surface area is 227 Å². The maximum Gasteiger partial charge on any atom is 0.296 e. The topological polar surface area (TPSA) is 86.3 Å². The molecule has 2 aromatic carbocycles. The van der Waals surface area contributed by atoms with Crippen LogP contribution in [0.4, 0.5) is 0 Å². The number of ether oxygens (including phenoxy) is 4. The van der Waals surface area contributed by atoms with Crippen LogP contribution >= 0.6 is 12.4 Å². The minimum absolute atomic E-state index is 0. The number of methoxy groups -OCH3 is 4. The van der Waals surface area contributed by atoms with Crippen LogP contribution in [-0.4, -0.2) is 74.1 Å². The highest BCUT2D eigenvalue weighted by Gasteiger charge is 2.56. The highest BCUT2D eigenvalue weighted by molar-refractivity contribution is 8.10. The van der Waals surface area contributed by atoms with Crippen LogP contribution in [0.25, 0.3) is 0 Å². The van der Waals surface area contributed by atoms with Gasteiger partial charge in [-0.05, 0) is 62.3 Å². The van der Waals surface area contributed by atoms with E-state index in [1.54, 1.807) is 28.4 Å². The van der Waals surface area contributed by atoms with E-state index in [2.05, 4.69) is 18.0 Å². The van der Waals surface area contributed by atoms with Gasteiger partial charge in [0.05, 0.1) is 40.4 Å². The predicted molar refractivity (Wildman–Crippen MR) is 149 cm³/mol. The van der Waals surface area contributed by atoms with Crippen molar-refractivity contribution in [3.8, 4) is 23.0 Å². The van der Waals surface area contributed by atoms with E-state index in [0.717, 1.165) is 49.4 Å². The van der Waals surface area contributed by atoms with Gasteiger partial charge in [-0.3, -0.25) is 0 Å². The van der Waals surface area contributed by atoms with E-state index in [1.807, 2.05) is 30.3 Å². The molecule has 3 rings (SSSR count). The lowest BCUT2D eigenvalue weighted by molar-refractivity contribution is 0.324. The Morgan fingerprint density at radius 2 is 1.36 bits per heavy atom. The normalized spacial score (nSPS) is 21.6. The Balaban J connectivity index is 0.00000456. The zero-order valence-corrected chi connectivity index (χ0v) is 24.2. The van der Waals surface area contributed by atoms with Crippen molar-refractivity contribution >= 4 is 34.8 Å². The van der Waals surface area contributed by atoms with Crippen molar-refractivity contribution in [2.45, 2.75) is 29.8 Å². The zero-order chi connectivity index (χ0) is 25.4. The summed E-state index contributed by atoms with van der Waals surface area (Å²) in [7, 11) is 8.52. The molecular weight excluding hydrogens is 522 g/mol. The van der Waals surface area contributed by atoms with Crippen molar-refractivity contribution in [3.63, 3.8) is 0 Å². The van der Waals surface area contributed by atoms with Crippen molar-refractivity contribution < 1.29 is 28.1 Å². The number of hydrogen-bond donors (Lipinski definition) is 0. The van der Waals surface area contributed by atoms with E-state index in [4.69, 9.17) is 18.9 Å². The van der Waals surface area contributed by atoms with Gasteiger partial charge in [-0.2, -0.15) is 0 Å². The van der Waals surface area contributed by atoms with Crippen molar-refractivity contribution in [2.24, 2.45) is 0 Å². The first-order chi connectivity index (χ1) is 16.9. The van der Waals surface area contributed by atoms with E-state index in [-0.39, 0.29) is 12.4 Å². The maximum atomic E-state index is 13.4. The second-order valence-electron chi connectivity index (χ2n) is 8.62. The van der Waals surface area contributed by atoms with Crippen LogP contribution in [0, 0.1) is 0 Å². The van der Waals surface area contributed by atoms with Gasteiger partial charge in [0.1, 0.15) is 11.5 Å². The van der Waals surface area contributed by atoms with Crippen molar-refractivity contribution in [1.82, 2.24) is 4.90 Å². The molecule has 7 nitrogen and oxygen atoms in total. The van der Waals surface area contributed by atoms with Gasteiger partial charge in [-0.25, -0.2) is 0 Å². The molecule has 202 valence electrons. The number of likely N-dealkylation sites (N-methyl/N-ethyl adjacent to an activating group) is 1. The Kier molecular flexibility index (Phi) is 12.3. The second kappa shape index (κ2) is 14.4. The van der Waals surface area contributed by atoms with Crippen LogP contribution in [0.1, 0.15) is 30.4 Å². The number of rotatable bonds is 12. The minimum Gasteiger partial charge on any atom is -0.612 e. The summed E-state index contributed by atoms with van der Waals surface area (Å²) in [5.74, 6) is 3.75. The van der Waals surface area contributed by atoms with Crippen LogP contribution < -0.4 is 18.9 Å². The third kappa shape index (κ3) is 6.88. The number of hydrogen-bond acceptors (Lipinski definition) is 7. The number of nitrogens with zero attached hydrogens (tertiary/aromatic N) is 1. The molecule has 2 aromatic rings. The van der Waals surface area contributed by atoms with E-state index < -0.39 is 26.4 Å². The van der Waals surface area contributed by atoms with Crippen LogP contribution in [0.15, 0.2) is 36.4 Å². The van der Waals surface area contributed by atoms with E-state index in [0.29, 0.717) is 29.4 Å². The highest BCUT2D eigenvalue weighted by Crippen LogP contribution is 2.47. The highest BCUT2D eigenvalue weighted by atomic mass is 35.5. The lowest BCUT2D eigenvalue weighted by atomic mass is 10.1. The van der Waals surface area contributed by atoms with Crippen molar-refractivity contribution in [3.05, 3.63) is 47.5 Å². The molecular formula is C26H38ClNO6S2. The van der Waals surface area contributed by atoms with Gasteiger partial charge in [0.15, 0.2) is 23.0 Å². The van der Waals surface area contributed by atoms with Crippen LogP contribution in [-0.2, 0) is 32.9 Å². The lowest BCUT2D eigenvalue weighted by Crippen LogP contribution is -2.50. The molecule has 0 radical (unpaired) electrons. The van der Waals surface area contributed by atoms with Gasteiger partial charge < -0.3 is 33.0 Å². The molecule has 2 atom stereocenters. The molecule has 0 saturated carbocycles. The Morgan fingerprint density at radius 3 is 1.94 bits per heavy atom. The van der Waals surface area contributed by atoms with Gasteiger partial charge in [0.2, 0.25) is 0 Å². The Hall–Kier alpha value is -1.49. The summed E-state index contributed by atoms with van der Waals surface area (Å²) in [4.78, 5) is 2.26. The first-order valence-corrected chi connectivity index (χ1v) is 14.4. The number of benzene rings is 2. The molecule has 0 aromatic heterocycles. The largest absolute Gasteiger partial charge is 0.612 e. The smallest absolute Gasteiger partial charge is 0.296 e. The molecule has 0 N–H and O–H groups in total. The molecule has 0 spiro atoms. The monoisotopic (exact) mass is 559 g/mol. The van der Waals surface area contributed by atoms with Gasteiger partial charge in [-0.15, -0.1) is 12.4 Å². The predicted octanol–water partition coefficient (Wildman–Crippen LogP) is 4.15. The van der Waals surface area contributed by atoms with E-state index in [1.165, 1.54) is 5.56 Å². The summed E-state index contributed by atoms with van der Waals surface area (Å²) in [6.45, 7) is 1.68. The van der Waals surface area contributed by atoms with E-state index in [9.17, 15) is 9.11 Å². The first kappa shape index (κ1) is 30.7. The van der Waals surface area contributed by atoms with Gasteiger partial charge >= 0.3 is 0 Å². The maximum absolute atomic E-state index is 13.4. The molecule has 1 heterocycles. The minimum atomic E-state index is -1.23. The average Bonchev–Trinajstić information content (AvgIpc) is 2.88. The van der Waals surface area contributed by atoms with Gasteiger partial charge in [-0.1, -0.05) is 6.07 Å². The third-order valence-electron chi connectivity index (χ3n) is 6.49. The molecule has 0 bridgehead atoms. The SMILES string of the molecule is COc1ccc(CCN(C)CCCC2(c3ccc(OC)c(OC)c3)[S+]([O-])CCC[S+]2[O-])cc1OC.Cl. The number of halogens is 1. The third-order valence-corrected chi connectivity index (χ3v) is 11.3. The fourth-order valence-electron chi connectivity index (χ4n) is 4.51. The average molecular weight is 560 g/mol. The standard InChI is InChI=1S/C26H37NO6S2.ClH/c1-27(15-12-20-8-10-22(30-2)24(18-20)32-4)14-6-13-26(34(28)16-7-17-35(26)29)21-9-11-23(31-3)25(19-21)33-5;/h8-11,18-19H,6-7,12-17H2,1-5H3;1H. The molecule has 1 saturated heterocycles. The summed E-state index contributed by atoms with van der Waals surface area (Å²) < 4.78 is 47.5. The molecule has 1 fully saturated rings. The summed E-state index contributed by atoms with van der Waals surface area (Å²) in [6.07, 6.45) is 2.96. The van der Waals surface area contributed by atoms with E-state index >= 15 is 0 Å². The van der Waals surface area contributed by atoms with Crippen LogP contribution in [0.2, 0.25) is 0 Å².